The van der Waals surface area contributed by atoms with Crippen molar-refractivity contribution in [2.75, 3.05) is 7.11 Å². The number of benzene rings is 2. The van der Waals surface area contributed by atoms with Crippen molar-refractivity contribution in [2.24, 2.45) is 0 Å². The molecule has 0 spiro atoms. The van der Waals surface area contributed by atoms with Crippen molar-refractivity contribution in [1.29, 1.82) is 0 Å². The Hall–Kier alpha value is -2.62. The van der Waals surface area contributed by atoms with E-state index < -0.39 is 5.97 Å². The number of esters is 1. The highest BCUT2D eigenvalue weighted by molar-refractivity contribution is 6.10. The maximum absolute atomic E-state index is 12.3. The molecule has 0 unspecified atom stereocenters. The fourth-order valence-corrected chi connectivity index (χ4v) is 1.86. The van der Waals surface area contributed by atoms with E-state index in [9.17, 15) is 14.7 Å². The molecular formula is C16H14O4. The van der Waals surface area contributed by atoms with Gasteiger partial charge in [-0.25, -0.2) is 0 Å². The molecule has 20 heavy (non-hydrogen) atoms. The van der Waals surface area contributed by atoms with Gasteiger partial charge in [-0.3, -0.25) is 9.59 Å². The van der Waals surface area contributed by atoms with Crippen molar-refractivity contribution in [3.05, 3.63) is 65.2 Å². The zero-order chi connectivity index (χ0) is 14.5. The molecule has 0 saturated heterocycles. The molecule has 0 amide bonds. The number of phenolic OH excluding ortho intramolecular Hbond substituents is 1. The second-order valence-corrected chi connectivity index (χ2v) is 4.30. The number of ether oxygens (including phenoxy) is 1. The van der Waals surface area contributed by atoms with Gasteiger partial charge in [-0.15, -0.1) is 0 Å². The minimum absolute atomic E-state index is 0.0614. The number of hydrogen-bond donors (Lipinski definition) is 1. The van der Waals surface area contributed by atoms with E-state index >= 15 is 0 Å². The van der Waals surface area contributed by atoms with E-state index in [1.807, 2.05) is 6.07 Å². The first-order valence-corrected chi connectivity index (χ1v) is 6.10. The molecule has 4 heteroatoms. The average Bonchev–Trinajstić information content (AvgIpc) is 2.49. The van der Waals surface area contributed by atoms with E-state index in [1.165, 1.54) is 19.2 Å². The van der Waals surface area contributed by atoms with Crippen molar-refractivity contribution in [2.45, 2.75) is 6.42 Å². The first-order chi connectivity index (χ1) is 9.61. The molecule has 0 aliphatic carbocycles. The largest absolute Gasteiger partial charge is 0.507 e. The normalized spacial score (nSPS) is 10.1. The van der Waals surface area contributed by atoms with E-state index in [0.717, 1.165) is 0 Å². The van der Waals surface area contributed by atoms with Gasteiger partial charge in [0.15, 0.2) is 5.78 Å². The maximum atomic E-state index is 12.3. The predicted molar refractivity (Wildman–Crippen MR) is 73.7 cm³/mol. The van der Waals surface area contributed by atoms with Crippen molar-refractivity contribution >= 4 is 11.8 Å². The zero-order valence-electron chi connectivity index (χ0n) is 11.0. The molecule has 2 aromatic carbocycles. The standard InChI is InChI=1S/C16H14O4/c1-20-15(18)10-11-7-8-14(17)13(9-11)16(19)12-5-3-2-4-6-12/h2-9,17H,10H2,1H3. The number of carbonyl (C=O) groups excluding carboxylic acids is 2. The van der Waals surface area contributed by atoms with Crippen LogP contribution in [0.4, 0.5) is 0 Å². The van der Waals surface area contributed by atoms with Gasteiger partial charge in [-0.05, 0) is 17.7 Å². The second kappa shape index (κ2) is 6.02. The first-order valence-electron chi connectivity index (χ1n) is 6.10. The van der Waals surface area contributed by atoms with Gasteiger partial charge in [0.05, 0.1) is 19.1 Å². The molecule has 2 rings (SSSR count). The van der Waals surface area contributed by atoms with E-state index in [1.54, 1.807) is 30.3 Å². The molecule has 2 aromatic rings. The first kappa shape index (κ1) is 13.8. The topological polar surface area (TPSA) is 63.6 Å². The van der Waals surface area contributed by atoms with Gasteiger partial charge in [0.25, 0.3) is 0 Å². The Kier molecular flexibility index (Phi) is 4.15. The van der Waals surface area contributed by atoms with E-state index in [2.05, 4.69) is 4.74 Å². The Balaban J connectivity index is 2.34. The van der Waals surface area contributed by atoms with Crippen LogP contribution in [0.3, 0.4) is 0 Å². The molecule has 4 nitrogen and oxygen atoms in total. The smallest absolute Gasteiger partial charge is 0.309 e. The Morgan fingerprint density at radius 3 is 2.45 bits per heavy atom. The van der Waals surface area contributed by atoms with Crippen molar-refractivity contribution in [3.8, 4) is 5.75 Å². The highest BCUT2D eigenvalue weighted by atomic mass is 16.5. The minimum atomic E-state index is -0.395. The molecule has 0 saturated carbocycles. The summed E-state index contributed by atoms with van der Waals surface area (Å²) in [5, 5.41) is 9.82. The van der Waals surface area contributed by atoms with Gasteiger partial charge in [0.2, 0.25) is 0 Å². The lowest BCUT2D eigenvalue weighted by Crippen LogP contribution is -2.07. The summed E-state index contributed by atoms with van der Waals surface area (Å²) < 4.78 is 4.58. The van der Waals surface area contributed by atoms with Gasteiger partial charge >= 0.3 is 5.97 Å². The van der Waals surface area contributed by atoms with Crippen LogP contribution in [0.15, 0.2) is 48.5 Å². The van der Waals surface area contributed by atoms with Crippen LogP contribution >= 0.6 is 0 Å². The minimum Gasteiger partial charge on any atom is -0.507 e. The van der Waals surface area contributed by atoms with Crippen LogP contribution in [0, 0.1) is 0 Å². The highest BCUT2D eigenvalue weighted by Crippen LogP contribution is 2.22. The highest BCUT2D eigenvalue weighted by Gasteiger charge is 2.15. The van der Waals surface area contributed by atoms with Gasteiger partial charge in [-0.2, -0.15) is 0 Å². The number of aromatic hydroxyl groups is 1. The van der Waals surface area contributed by atoms with Crippen LogP contribution in [-0.4, -0.2) is 24.0 Å². The number of hydrogen-bond acceptors (Lipinski definition) is 4. The summed E-state index contributed by atoms with van der Waals surface area (Å²) in [6, 6.07) is 13.2. The lowest BCUT2D eigenvalue weighted by Gasteiger charge is -2.07. The van der Waals surface area contributed by atoms with Crippen LogP contribution in [-0.2, 0) is 16.0 Å². The number of phenols is 1. The molecule has 102 valence electrons. The summed E-state index contributed by atoms with van der Waals surface area (Å²) >= 11 is 0. The quantitative estimate of drug-likeness (QED) is 0.684. The molecule has 0 bridgehead atoms. The van der Waals surface area contributed by atoms with Gasteiger partial charge < -0.3 is 9.84 Å². The third-order valence-electron chi connectivity index (χ3n) is 2.92. The van der Waals surface area contributed by atoms with Crippen LogP contribution in [0.1, 0.15) is 21.5 Å². The molecule has 0 heterocycles. The third-order valence-corrected chi connectivity index (χ3v) is 2.92. The Bertz CT molecular complexity index is 632. The lowest BCUT2D eigenvalue weighted by molar-refractivity contribution is -0.139. The summed E-state index contributed by atoms with van der Waals surface area (Å²) in [5.41, 5.74) is 1.28. The summed E-state index contributed by atoms with van der Waals surface area (Å²) in [6.07, 6.45) is 0.0614. The third kappa shape index (κ3) is 3.03. The van der Waals surface area contributed by atoms with Crippen LogP contribution in [0.2, 0.25) is 0 Å². The molecule has 1 N–H and O–H groups in total. The van der Waals surface area contributed by atoms with Crippen LogP contribution in [0.5, 0.6) is 5.75 Å². The number of carbonyl (C=O) groups is 2. The van der Waals surface area contributed by atoms with Crippen LogP contribution < -0.4 is 0 Å². The van der Waals surface area contributed by atoms with E-state index in [4.69, 9.17) is 0 Å². The molecule has 0 atom stereocenters. The summed E-state index contributed by atoms with van der Waals surface area (Å²) in [7, 11) is 1.30. The summed E-state index contributed by atoms with van der Waals surface area (Å²) in [6.45, 7) is 0. The van der Waals surface area contributed by atoms with Gasteiger partial charge in [0.1, 0.15) is 5.75 Å². The fraction of sp³-hybridized carbons (Fsp3) is 0.125. The Morgan fingerprint density at radius 2 is 1.80 bits per heavy atom. The second-order valence-electron chi connectivity index (χ2n) is 4.30. The SMILES string of the molecule is COC(=O)Cc1ccc(O)c(C(=O)c2ccccc2)c1. The number of rotatable bonds is 4. The number of ketones is 1. The zero-order valence-corrected chi connectivity index (χ0v) is 11.0. The molecule has 0 aliphatic heterocycles. The maximum Gasteiger partial charge on any atom is 0.309 e. The Morgan fingerprint density at radius 1 is 1.10 bits per heavy atom. The van der Waals surface area contributed by atoms with Crippen LogP contribution in [0.25, 0.3) is 0 Å². The Labute approximate surface area is 116 Å². The number of methoxy groups -OCH3 is 1. The summed E-state index contributed by atoms with van der Waals surface area (Å²) in [5.74, 6) is -0.781. The lowest BCUT2D eigenvalue weighted by atomic mass is 9.99. The average molecular weight is 270 g/mol. The molecule has 0 aliphatic rings. The molecule has 0 aromatic heterocycles. The van der Waals surface area contributed by atoms with Gasteiger partial charge in [-0.1, -0.05) is 36.4 Å². The van der Waals surface area contributed by atoms with Crippen molar-refractivity contribution in [1.82, 2.24) is 0 Å². The predicted octanol–water partition coefficient (Wildman–Crippen LogP) is 2.34. The van der Waals surface area contributed by atoms with E-state index in [0.29, 0.717) is 11.1 Å². The fourth-order valence-electron chi connectivity index (χ4n) is 1.86. The molecule has 0 radical (unpaired) electrons. The van der Waals surface area contributed by atoms with Gasteiger partial charge in [0, 0.05) is 5.56 Å². The van der Waals surface area contributed by atoms with E-state index in [-0.39, 0.29) is 23.5 Å². The molecular weight excluding hydrogens is 256 g/mol. The molecule has 0 fully saturated rings. The summed E-state index contributed by atoms with van der Waals surface area (Å²) in [4.78, 5) is 23.5. The van der Waals surface area contributed by atoms with Crippen molar-refractivity contribution < 1.29 is 19.4 Å². The van der Waals surface area contributed by atoms with Crippen molar-refractivity contribution in [3.63, 3.8) is 0 Å². The monoisotopic (exact) mass is 270 g/mol.